The SMILES string of the molecule is Cc1cccc(OCc2nnc(C3CCC(n4cc(C5(O)CCN(C(=O)OC(C)(C)C)CC5)nn4)CC3)n2C)c1. The van der Waals surface area contributed by atoms with Crippen molar-refractivity contribution in [3.05, 3.63) is 53.4 Å². The number of rotatable bonds is 6. The van der Waals surface area contributed by atoms with Gasteiger partial charge in [-0.1, -0.05) is 17.3 Å². The predicted octanol–water partition coefficient (Wildman–Crippen LogP) is 4.41. The van der Waals surface area contributed by atoms with Crippen molar-refractivity contribution in [1.29, 1.82) is 0 Å². The third-order valence-corrected chi connectivity index (χ3v) is 8.02. The van der Waals surface area contributed by atoms with Gasteiger partial charge in [-0.3, -0.25) is 0 Å². The van der Waals surface area contributed by atoms with Crippen LogP contribution < -0.4 is 4.74 Å². The Bertz CT molecular complexity index is 1310. The first-order valence-corrected chi connectivity index (χ1v) is 14.2. The third-order valence-electron chi connectivity index (χ3n) is 8.02. The molecule has 1 aliphatic heterocycles. The molecule has 2 fully saturated rings. The van der Waals surface area contributed by atoms with E-state index in [1.54, 1.807) is 4.90 Å². The van der Waals surface area contributed by atoms with E-state index < -0.39 is 11.2 Å². The van der Waals surface area contributed by atoms with E-state index in [1.807, 2.05) is 69.9 Å². The van der Waals surface area contributed by atoms with Crippen molar-refractivity contribution in [3.63, 3.8) is 0 Å². The highest BCUT2D eigenvalue weighted by atomic mass is 16.6. The van der Waals surface area contributed by atoms with Crippen LogP contribution in [0.15, 0.2) is 30.5 Å². The molecule has 40 heavy (non-hydrogen) atoms. The smallest absolute Gasteiger partial charge is 0.410 e. The molecule has 1 N–H and O–H groups in total. The Morgan fingerprint density at radius 2 is 1.82 bits per heavy atom. The second-order valence-corrected chi connectivity index (χ2v) is 12.2. The summed E-state index contributed by atoms with van der Waals surface area (Å²) in [6, 6.07) is 8.22. The topological polar surface area (TPSA) is 120 Å². The Kier molecular flexibility index (Phi) is 7.85. The van der Waals surface area contributed by atoms with Crippen LogP contribution >= 0.6 is 0 Å². The summed E-state index contributed by atoms with van der Waals surface area (Å²) in [5.74, 6) is 2.96. The minimum absolute atomic E-state index is 0.223. The summed E-state index contributed by atoms with van der Waals surface area (Å²) in [6.07, 6.45) is 6.18. The summed E-state index contributed by atoms with van der Waals surface area (Å²) in [6.45, 7) is 8.81. The fourth-order valence-electron chi connectivity index (χ4n) is 5.62. The molecule has 1 amide bonds. The van der Waals surface area contributed by atoms with Gasteiger partial charge in [0, 0.05) is 26.1 Å². The molecular formula is C29H41N7O4. The molecule has 1 saturated heterocycles. The van der Waals surface area contributed by atoms with Gasteiger partial charge in [0.15, 0.2) is 5.82 Å². The lowest BCUT2D eigenvalue weighted by molar-refractivity contribution is -0.0382. The predicted molar refractivity (Wildman–Crippen MR) is 148 cm³/mol. The molecule has 3 heterocycles. The summed E-state index contributed by atoms with van der Waals surface area (Å²) in [5, 5.41) is 29.0. The van der Waals surface area contributed by atoms with Crippen LogP contribution in [0.2, 0.25) is 0 Å². The fourth-order valence-corrected chi connectivity index (χ4v) is 5.62. The Hall–Kier alpha value is -3.47. The third kappa shape index (κ3) is 6.29. The van der Waals surface area contributed by atoms with E-state index in [0.717, 1.165) is 48.6 Å². The molecule has 11 heteroatoms. The van der Waals surface area contributed by atoms with Crippen LogP contribution in [-0.4, -0.2) is 64.5 Å². The van der Waals surface area contributed by atoms with Gasteiger partial charge in [-0.25, -0.2) is 9.48 Å². The lowest BCUT2D eigenvalue weighted by Crippen LogP contribution is -2.47. The maximum Gasteiger partial charge on any atom is 0.410 e. The maximum absolute atomic E-state index is 12.4. The van der Waals surface area contributed by atoms with Crippen molar-refractivity contribution in [2.24, 2.45) is 7.05 Å². The largest absolute Gasteiger partial charge is 0.486 e. The van der Waals surface area contributed by atoms with Gasteiger partial charge in [0.1, 0.15) is 35.1 Å². The van der Waals surface area contributed by atoms with Crippen molar-refractivity contribution in [3.8, 4) is 5.75 Å². The molecule has 1 aromatic carbocycles. The first-order valence-electron chi connectivity index (χ1n) is 14.2. The molecule has 0 atom stereocenters. The minimum atomic E-state index is -1.09. The van der Waals surface area contributed by atoms with Crippen LogP contribution in [0.25, 0.3) is 0 Å². The molecule has 3 aromatic rings. The second-order valence-electron chi connectivity index (χ2n) is 12.2. The molecule has 2 aliphatic rings. The van der Waals surface area contributed by atoms with Gasteiger partial charge in [0.25, 0.3) is 0 Å². The van der Waals surface area contributed by atoms with E-state index in [1.165, 1.54) is 0 Å². The van der Waals surface area contributed by atoms with Crippen molar-refractivity contribution in [1.82, 2.24) is 34.7 Å². The minimum Gasteiger partial charge on any atom is -0.486 e. The van der Waals surface area contributed by atoms with Gasteiger partial charge < -0.3 is 24.0 Å². The fraction of sp³-hybridized carbons (Fsp3) is 0.621. The Balaban J connectivity index is 1.14. The monoisotopic (exact) mass is 551 g/mol. The van der Waals surface area contributed by atoms with Gasteiger partial charge >= 0.3 is 6.09 Å². The van der Waals surface area contributed by atoms with Crippen LogP contribution in [-0.2, 0) is 24.0 Å². The number of ether oxygens (including phenoxy) is 2. The first-order chi connectivity index (χ1) is 19.0. The molecular weight excluding hydrogens is 510 g/mol. The molecule has 0 spiro atoms. The molecule has 2 aromatic heterocycles. The highest BCUT2D eigenvalue weighted by Gasteiger charge is 2.39. The standard InChI is InChI=1S/C29H41N7O4/c1-20-7-6-8-23(17-20)39-19-25-31-32-26(34(25)5)21-9-11-22(12-10-21)36-18-24(30-33-36)29(38)13-15-35(16-14-29)27(37)40-28(2,3)4/h6-8,17-18,21-22,38H,9-16,19H2,1-5H3. The quantitative estimate of drug-likeness (QED) is 0.478. The number of likely N-dealkylation sites (tertiary alicyclic amines) is 1. The zero-order valence-corrected chi connectivity index (χ0v) is 24.2. The molecule has 0 unspecified atom stereocenters. The van der Waals surface area contributed by atoms with Crippen LogP contribution in [0, 0.1) is 6.92 Å². The summed E-state index contributed by atoms with van der Waals surface area (Å²) < 4.78 is 15.4. The number of nitrogens with zero attached hydrogens (tertiary/aromatic N) is 7. The Labute approximate surface area is 235 Å². The summed E-state index contributed by atoms with van der Waals surface area (Å²) in [5.41, 5.74) is 0.0939. The first kappa shape index (κ1) is 28.1. The van der Waals surface area contributed by atoms with Crippen LogP contribution in [0.4, 0.5) is 4.79 Å². The number of aryl methyl sites for hydroxylation is 1. The van der Waals surface area contributed by atoms with Crippen molar-refractivity contribution < 1.29 is 19.4 Å². The van der Waals surface area contributed by atoms with E-state index in [2.05, 4.69) is 25.1 Å². The molecule has 11 nitrogen and oxygen atoms in total. The second kappa shape index (κ2) is 11.2. The Morgan fingerprint density at radius 3 is 2.50 bits per heavy atom. The number of piperidine rings is 1. The highest BCUT2D eigenvalue weighted by Crippen LogP contribution is 2.38. The zero-order chi connectivity index (χ0) is 28.5. The molecule has 1 saturated carbocycles. The summed E-state index contributed by atoms with van der Waals surface area (Å²) in [7, 11) is 2.01. The number of carbonyl (C=O) groups excluding carboxylic acids is 1. The normalized spacial score (nSPS) is 21.3. The zero-order valence-electron chi connectivity index (χ0n) is 24.2. The van der Waals surface area contributed by atoms with Crippen molar-refractivity contribution >= 4 is 6.09 Å². The molecule has 0 radical (unpaired) electrons. The number of aromatic nitrogens is 6. The number of carbonyl (C=O) groups is 1. The summed E-state index contributed by atoms with van der Waals surface area (Å²) >= 11 is 0. The van der Waals surface area contributed by atoms with E-state index >= 15 is 0 Å². The number of aliphatic hydroxyl groups is 1. The van der Waals surface area contributed by atoms with Crippen LogP contribution in [0.5, 0.6) is 5.75 Å². The number of hydrogen-bond acceptors (Lipinski definition) is 8. The van der Waals surface area contributed by atoms with Gasteiger partial charge in [0.2, 0.25) is 0 Å². The average Bonchev–Trinajstić information content (AvgIpc) is 3.55. The van der Waals surface area contributed by atoms with E-state index in [9.17, 15) is 9.90 Å². The van der Waals surface area contributed by atoms with Crippen molar-refractivity contribution in [2.45, 2.75) is 96.0 Å². The molecule has 0 bridgehead atoms. The Morgan fingerprint density at radius 1 is 1.10 bits per heavy atom. The van der Waals surface area contributed by atoms with Crippen molar-refractivity contribution in [2.75, 3.05) is 13.1 Å². The lowest BCUT2D eigenvalue weighted by atomic mass is 9.85. The molecule has 5 rings (SSSR count). The maximum atomic E-state index is 12.4. The van der Waals surface area contributed by atoms with E-state index in [0.29, 0.717) is 44.1 Å². The number of hydrogen-bond donors (Lipinski definition) is 1. The van der Waals surface area contributed by atoms with Gasteiger partial charge in [0.05, 0.1) is 12.2 Å². The lowest BCUT2D eigenvalue weighted by Gasteiger charge is -2.37. The van der Waals surface area contributed by atoms with Gasteiger partial charge in [-0.2, -0.15) is 0 Å². The average molecular weight is 552 g/mol. The molecule has 216 valence electrons. The highest BCUT2D eigenvalue weighted by molar-refractivity contribution is 5.68. The van der Waals surface area contributed by atoms with Crippen LogP contribution in [0.3, 0.4) is 0 Å². The number of amides is 1. The van der Waals surface area contributed by atoms with E-state index in [4.69, 9.17) is 9.47 Å². The van der Waals surface area contributed by atoms with Gasteiger partial charge in [-0.05, 0) is 83.9 Å². The number of benzene rings is 1. The molecule has 1 aliphatic carbocycles. The van der Waals surface area contributed by atoms with Crippen LogP contribution in [0.1, 0.15) is 94.2 Å². The summed E-state index contributed by atoms with van der Waals surface area (Å²) in [4.78, 5) is 14.1. The van der Waals surface area contributed by atoms with Gasteiger partial charge in [-0.15, -0.1) is 15.3 Å². The van der Waals surface area contributed by atoms with E-state index in [-0.39, 0.29) is 12.1 Å².